The summed E-state index contributed by atoms with van der Waals surface area (Å²) in [6, 6.07) is 16.3. The highest BCUT2D eigenvalue weighted by Gasteiger charge is 2.36. The van der Waals surface area contributed by atoms with Crippen molar-refractivity contribution in [3.63, 3.8) is 0 Å². The molecule has 0 radical (unpaired) electrons. The maximum Gasteiger partial charge on any atom is 0.407 e. The summed E-state index contributed by atoms with van der Waals surface area (Å²) in [6.07, 6.45) is 1.70. The molecule has 2 unspecified atom stereocenters. The number of nitrogens with zero attached hydrogens (tertiary/aromatic N) is 1. The Morgan fingerprint density at radius 1 is 1.00 bits per heavy atom. The Bertz CT molecular complexity index is 1010. The van der Waals surface area contributed by atoms with E-state index in [-0.39, 0.29) is 50.0 Å². The lowest BCUT2D eigenvalue weighted by Crippen LogP contribution is -2.44. The molecule has 2 amide bonds. The molecule has 2 aromatic carbocycles. The number of aliphatic carboxylic acids is 1. The second-order valence-electron chi connectivity index (χ2n) is 8.88. The molecule has 2 aliphatic carbocycles. The monoisotopic (exact) mass is 466 g/mol. The molecule has 0 bridgehead atoms. The first-order valence-electron chi connectivity index (χ1n) is 11.7. The van der Waals surface area contributed by atoms with Gasteiger partial charge in [0.25, 0.3) is 0 Å². The molecule has 2 aromatic rings. The van der Waals surface area contributed by atoms with E-state index >= 15 is 0 Å². The molecular weight excluding hydrogens is 436 g/mol. The molecule has 0 aromatic heterocycles. The summed E-state index contributed by atoms with van der Waals surface area (Å²) in [5.41, 5.74) is 4.60. The molecule has 1 saturated carbocycles. The summed E-state index contributed by atoms with van der Waals surface area (Å²) in [6.45, 7) is -0.256. The molecule has 0 saturated heterocycles. The predicted octanol–water partition coefficient (Wildman–Crippen LogP) is 2.85. The lowest BCUT2D eigenvalue weighted by atomic mass is 9.94. The third-order valence-electron chi connectivity index (χ3n) is 6.84. The van der Waals surface area contributed by atoms with Gasteiger partial charge in [-0.1, -0.05) is 55.0 Å². The zero-order chi connectivity index (χ0) is 24.1. The van der Waals surface area contributed by atoms with Gasteiger partial charge in [0.2, 0.25) is 5.91 Å². The molecule has 1 fully saturated rings. The molecule has 2 atom stereocenters. The largest absolute Gasteiger partial charge is 0.480 e. The van der Waals surface area contributed by atoms with E-state index in [4.69, 9.17) is 9.84 Å². The van der Waals surface area contributed by atoms with E-state index < -0.39 is 18.6 Å². The van der Waals surface area contributed by atoms with Crippen LogP contribution >= 0.6 is 0 Å². The van der Waals surface area contributed by atoms with Gasteiger partial charge in [-0.2, -0.15) is 0 Å². The average Bonchev–Trinajstić information content (AvgIpc) is 3.43. The van der Waals surface area contributed by atoms with Gasteiger partial charge in [-0.3, -0.25) is 9.59 Å². The van der Waals surface area contributed by atoms with E-state index in [9.17, 15) is 19.5 Å². The molecule has 4 rings (SSSR count). The minimum absolute atomic E-state index is 0.0197. The lowest BCUT2D eigenvalue weighted by Gasteiger charge is -2.26. The van der Waals surface area contributed by atoms with Crippen LogP contribution < -0.4 is 5.32 Å². The number of fused-ring (bicyclic) bond motifs is 3. The molecule has 0 heterocycles. The van der Waals surface area contributed by atoms with Crippen molar-refractivity contribution < 1.29 is 29.3 Å². The number of hydrogen-bond donors (Lipinski definition) is 3. The van der Waals surface area contributed by atoms with Gasteiger partial charge in [-0.05, 0) is 41.0 Å². The smallest absolute Gasteiger partial charge is 0.407 e. The Morgan fingerprint density at radius 3 is 2.26 bits per heavy atom. The zero-order valence-electron chi connectivity index (χ0n) is 19.0. The highest BCUT2D eigenvalue weighted by molar-refractivity contribution is 5.83. The number of ether oxygens (including phenoxy) is 1. The minimum Gasteiger partial charge on any atom is -0.480 e. The highest BCUT2D eigenvalue weighted by Crippen LogP contribution is 2.44. The Kier molecular flexibility index (Phi) is 7.47. The van der Waals surface area contributed by atoms with Crippen molar-refractivity contribution in [1.29, 1.82) is 0 Å². The first-order valence-corrected chi connectivity index (χ1v) is 11.7. The van der Waals surface area contributed by atoms with Gasteiger partial charge in [0.05, 0.1) is 6.61 Å². The normalized spacial score (nSPS) is 18.7. The van der Waals surface area contributed by atoms with Crippen LogP contribution in [-0.4, -0.2) is 65.9 Å². The van der Waals surface area contributed by atoms with Crippen molar-refractivity contribution in [1.82, 2.24) is 10.2 Å². The number of benzene rings is 2. The summed E-state index contributed by atoms with van der Waals surface area (Å²) in [5, 5.41) is 21.1. The minimum atomic E-state index is -1.12. The number of hydrogen-bond acceptors (Lipinski definition) is 5. The van der Waals surface area contributed by atoms with Gasteiger partial charge in [-0.15, -0.1) is 0 Å². The second-order valence-corrected chi connectivity index (χ2v) is 8.88. The average molecular weight is 467 g/mol. The maximum atomic E-state index is 12.9. The number of carbonyl (C=O) groups excluding carboxylic acids is 2. The number of carboxylic acid groups (broad SMARTS) is 1. The summed E-state index contributed by atoms with van der Waals surface area (Å²) >= 11 is 0. The fourth-order valence-corrected chi connectivity index (χ4v) is 5.26. The molecule has 8 heteroatoms. The predicted molar refractivity (Wildman–Crippen MR) is 125 cm³/mol. The van der Waals surface area contributed by atoms with E-state index in [0.717, 1.165) is 35.1 Å². The maximum absolute atomic E-state index is 12.9. The van der Waals surface area contributed by atoms with Crippen LogP contribution in [0.2, 0.25) is 0 Å². The summed E-state index contributed by atoms with van der Waals surface area (Å²) in [7, 11) is 0. The fourth-order valence-electron chi connectivity index (χ4n) is 5.26. The van der Waals surface area contributed by atoms with Gasteiger partial charge in [0.15, 0.2) is 0 Å². The number of nitrogens with one attached hydrogen (secondary N) is 1. The fraction of sp³-hybridized carbons (Fsp3) is 0.423. The van der Waals surface area contributed by atoms with Gasteiger partial charge in [0.1, 0.15) is 13.2 Å². The lowest BCUT2D eigenvalue weighted by molar-refractivity contribution is -0.147. The highest BCUT2D eigenvalue weighted by atomic mass is 16.5. The Labute approximate surface area is 198 Å². The van der Waals surface area contributed by atoms with Gasteiger partial charge in [0, 0.05) is 24.9 Å². The molecule has 3 N–H and O–H groups in total. The summed E-state index contributed by atoms with van der Waals surface area (Å²) < 4.78 is 5.58. The molecule has 0 aliphatic heterocycles. The van der Waals surface area contributed by atoms with Crippen molar-refractivity contribution in [2.24, 2.45) is 11.8 Å². The zero-order valence-corrected chi connectivity index (χ0v) is 19.0. The first-order chi connectivity index (χ1) is 16.5. The van der Waals surface area contributed by atoms with Crippen LogP contribution in [-0.2, 0) is 14.3 Å². The Morgan fingerprint density at radius 2 is 1.65 bits per heavy atom. The van der Waals surface area contributed by atoms with Crippen molar-refractivity contribution in [3.05, 3.63) is 59.7 Å². The van der Waals surface area contributed by atoms with Crippen LogP contribution in [0.3, 0.4) is 0 Å². The van der Waals surface area contributed by atoms with E-state index in [1.807, 2.05) is 24.3 Å². The van der Waals surface area contributed by atoms with E-state index in [1.165, 1.54) is 4.90 Å². The molecule has 2 aliphatic rings. The van der Waals surface area contributed by atoms with Gasteiger partial charge < -0.3 is 25.2 Å². The van der Waals surface area contributed by atoms with Crippen LogP contribution in [0.15, 0.2) is 48.5 Å². The third kappa shape index (κ3) is 5.07. The van der Waals surface area contributed by atoms with Crippen molar-refractivity contribution in [2.75, 3.05) is 32.8 Å². The van der Waals surface area contributed by atoms with Crippen LogP contribution in [0.4, 0.5) is 4.79 Å². The van der Waals surface area contributed by atoms with Crippen LogP contribution in [0, 0.1) is 11.8 Å². The van der Waals surface area contributed by atoms with Gasteiger partial charge in [-0.25, -0.2) is 4.79 Å². The summed E-state index contributed by atoms with van der Waals surface area (Å²) in [5.74, 6) is -1.90. The third-order valence-corrected chi connectivity index (χ3v) is 6.84. The first kappa shape index (κ1) is 23.8. The van der Waals surface area contributed by atoms with Crippen LogP contribution in [0.5, 0.6) is 0 Å². The Hall–Kier alpha value is -3.39. The number of carboxylic acids is 1. The van der Waals surface area contributed by atoms with Crippen molar-refractivity contribution in [2.45, 2.75) is 25.2 Å². The van der Waals surface area contributed by atoms with Crippen LogP contribution in [0.25, 0.3) is 11.1 Å². The quantitative estimate of drug-likeness (QED) is 0.523. The molecular formula is C26H30N2O6. The number of alkyl carbamates (subject to hydrolysis) is 1. The molecule has 8 nitrogen and oxygen atoms in total. The molecule has 180 valence electrons. The Balaban J connectivity index is 1.33. The molecule has 34 heavy (non-hydrogen) atoms. The number of rotatable bonds is 9. The van der Waals surface area contributed by atoms with Crippen molar-refractivity contribution in [3.8, 4) is 11.1 Å². The number of aliphatic hydroxyl groups is 1. The molecule has 0 spiro atoms. The number of carbonyl (C=O) groups is 3. The number of aliphatic hydroxyl groups excluding tert-OH is 1. The van der Waals surface area contributed by atoms with Crippen molar-refractivity contribution >= 4 is 18.0 Å². The SMILES string of the molecule is O=C(O)CN(CCO)C(=O)C1CCCC1CNC(=O)OCC1c2ccccc2-c2ccccc21. The van der Waals surface area contributed by atoms with E-state index in [1.54, 1.807) is 0 Å². The number of amides is 2. The van der Waals surface area contributed by atoms with Crippen LogP contribution in [0.1, 0.15) is 36.3 Å². The topological polar surface area (TPSA) is 116 Å². The van der Waals surface area contributed by atoms with E-state index in [2.05, 4.69) is 29.6 Å². The van der Waals surface area contributed by atoms with E-state index in [0.29, 0.717) is 6.42 Å². The van der Waals surface area contributed by atoms with Gasteiger partial charge >= 0.3 is 12.1 Å². The summed E-state index contributed by atoms with van der Waals surface area (Å²) in [4.78, 5) is 37.6. The second kappa shape index (κ2) is 10.7. The standard InChI is InChI=1S/C26H30N2O6/c29-13-12-28(15-24(30)31)25(32)18-11-5-6-17(18)14-27-26(33)34-16-23-21-9-3-1-7-19(21)20-8-2-4-10-22(20)23/h1-4,7-10,17-18,23,29H,5-6,11-16H2,(H,27,33)(H,30,31).